The van der Waals surface area contributed by atoms with Crippen LogP contribution in [0.4, 0.5) is 5.69 Å². The van der Waals surface area contributed by atoms with Gasteiger partial charge >= 0.3 is 5.97 Å². The summed E-state index contributed by atoms with van der Waals surface area (Å²) >= 11 is 2.53. The molecule has 0 radical (unpaired) electrons. The van der Waals surface area contributed by atoms with Crippen molar-refractivity contribution in [3.63, 3.8) is 0 Å². The minimum atomic E-state index is -3.48. The number of thiophene rings is 2. The van der Waals surface area contributed by atoms with Crippen LogP contribution in [-0.4, -0.2) is 30.8 Å². The molecule has 0 spiro atoms. The number of anilines is 1. The van der Waals surface area contributed by atoms with E-state index in [0.717, 1.165) is 22.5 Å². The van der Waals surface area contributed by atoms with Gasteiger partial charge in [-0.2, -0.15) is 4.98 Å². The lowest BCUT2D eigenvalue weighted by molar-refractivity contribution is 0.0437. The lowest BCUT2D eigenvalue weighted by Crippen LogP contribution is -2.12. The highest BCUT2D eigenvalue weighted by molar-refractivity contribution is 7.92. The van der Waals surface area contributed by atoms with Crippen molar-refractivity contribution in [3.8, 4) is 10.7 Å². The van der Waals surface area contributed by atoms with Crippen LogP contribution in [-0.2, 0) is 21.4 Å². The third-order valence-electron chi connectivity index (χ3n) is 2.68. The van der Waals surface area contributed by atoms with Gasteiger partial charge in [-0.15, -0.1) is 22.7 Å². The normalized spacial score (nSPS) is 11.4. The van der Waals surface area contributed by atoms with E-state index >= 15 is 0 Å². The van der Waals surface area contributed by atoms with E-state index in [2.05, 4.69) is 14.9 Å². The Kier molecular flexibility index (Phi) is 4.64. The highest BCUT2D eigenvalue weighted by Crippen LogP contribution is 2.25. The van der Waals surface area contributed by atoms with Crippen LogP contribution in [0.1, 0.15) is 15.6 Å². The largest absolute Gasteiger partial charge is 0.451 e. The van der Waals surface area contributed by atoms with Crippen molar-refractivity contribution >= 4 is 44.4 Å². The Morgan fingerprint density at radius 3 is 2.88 bits per heavy atom. The van der Waals surface area contributed by atoms with E-state index in [9.17, 15) is 13.2 Å². The van der Waals surface area contributed by atoms with Crippen molar-refractivity contribution < 1.29 is 22.5 Å². The second-order valence-corrected chi connectivity index (χ2v) is 8.22. The second kappa shape index (κ2) is 6.71. The molecule has 8 nitrogen and oxygen atoms in total. The Morgan fingerprint density at radius 2 is 2.17 bits per heavy atom. The number of aromatic nitrogens is 2. The maximum Gasteiger partial charge on any atom is 0.351 e. The highest BCUT2D eigenvalue weighted by atomic mass is 32.2. The zero-order valence-electron chi connectivity index (χ0n) is 12.3. The van der Waals surface area contributed by atoms with E-state index in [1.165, 1.54) is 17.4 Å². The summed E-state index contributed by atoms with van der Waals surface area (Å²) in [5.74, 6) is -0.0976. The van der Waals surface area contributed by atoms with Crippen LogP contribution in [0.5, 0.6) is 0 Å². The Balaban J connectivity index is 1.65. The van der Waals surface area contributed by atoms with E-state index in [0.29, 0.717) is 5.82 Å². The van der Waals surface area contributed by atoms with Gasteiger partial charge in [0.15, 0.2) is 6.61 Å². The number of ether oxygens (including phenoxy) is 1. The van der Waals surface area contributed by atoms with Crippen LogP contribution in [0.25, 0.3) is 10.7 Å². The molecule has 0 bridgehead atoms. The number of esters is 1. The molecule has 0 aliphatic heterocycles. The molecule has 0 aliphatic rings. The van der Waals surface area contributed by atoms with E-state index in [1.54, 1.807) is 5.38 Å². The van der Waals surface area contributed by atoms with Crippen LogP contribution in [0.15, 0.2) is 33.5 Å². The summed E-state index contributed by atoms with van der Waals surface area (Å²) in [6, 6.07) is 5.20. The summed E-state index contributed by atoms with van der Waals surface area (Å²) in [5, 5.41) is 7.29. The van der Waals surface area contributed by atoms with Gasteiger partial charge in [0.1, 0.15) is 4.88 Å². The Bertz CT molecular complexity index is 943. The molecule has 126 valence electrons. The Labute approximate surface area is 145 Å². The molecule has 3 rings (SSSR count). The van der Waals surface area contributed by atoms with Crippen LogP contribution in [0.3, 0.4) is 0 Å². The molecule has 3 aromatic rings. The molecule has 0 unspecified atom stereocenters. The van der Waals surface area contributed by atoms with E-state index < -0.39 is 16.0 Å². The number of nitrogens with one attached hydrogen (secondary N) is 1. The van der Waals surface area contributed by atoms with E-state index in [1.807, 2.05) is 17.5 Å². The molecule has 1 N–H and O–H groups in total. The van der Waals surface area contributed by atoms with Crippen molar-refractivity contribution in [2.75, 3.05) is 11.0 Å². The summed E-state index contributed by atoms with van der Waals surface area (Å²) in [6.45, 7) is -0.201. The minimum Gasteiger partial charge on any atom is -0.451 e. The number of hydrogen-bond donors (Lipinski definition) is 1. The Hall–Kier alpha value is -2.24. The number of carbonyl (C=O) groups is 1. The molecule has 11 heteroatoms. The van der Waals surface area contributed by atoms with E-state index in [4.69, 9.17) is 9.26 Å². The lowest BCUT2D eigenvalue weighted by atomic mass is 10.4. The summed E-state index contributed by atoms with van der Waals surface area (Å²) in [6.07, 6.45) is 1.00. The number of nitrogens with zero attached hydrogens (tertiary/aromatic N) is 2. The van der Waals surface area contributed by atoms with Gasteiger partial charge in [0, 0.05) is 0 Å². The highest BCUT2D eigenvalue weighted by Gasteiger charge is 2.18. The molecule has 0 aliphatic carbocycles. The van der Waals surface area contributed by atoms with Gasteiger partial charge in [0.2, 0.25) is 15.8 Å². The number of carbonyl (C=O) groups excluding carboxylic acids is 1. The van der Waals surface area contributed by atoms with E-state index in [-0.39, 0.29) is 23.1 Å². The SMILES string of the molecule is CS(=O)(=O)Nc1ccsc1C(=O)OCc1nc(-c2cccs2)no1. The molecule has 0 atom stereocenters. The fourth-order valence-corrected chi connectivity index (χ4v) is 3.78. The van der Waals surface area contributed by atoms with Gasteiger partial charge in [0.25, 0.3) is 5.89 Å². The van der Waals surface area contributed by atoms with Crippen molar-refractivity contribution in [1.29, 1.82) is 0 Å². The first-order chi connectivity index (χ1) is 11.4. The smallest absolute Gasteiger partial charge is 0.351 e. The van der Waals surface area contributed by atoms with Gasteiger partial charge in [-0.1, -0.05) is 11.2 Å². The number of sulfonamides is 1. The molecule has 0 saturated carbocycles. The van der Waals surface area contributed by atoms with Crippen molar-refractivity contribution in [1.82, 2.24) is 10.1 Å². The molecule has 0 amide bonds. The molecule has 3 heterocycles. The van der Waals surface area contributed by atoms with Crippen LogP contribution < -0.4 is 4.72 Å². The van der Waals surface area contributed by atoms with Crippen molar-refractivity contribution in [2.45, 2.75) is 6.61 Å². The Morgan fingerprint density at radius 1 is 1.33 bits per heavy atom. The van der Waals surface area contributed by atoms with Gasteiger partial charge in [-0.05, 0) is 22.9 Å². The fourth-order valence-electron chi connectivity index (χ4n) is 1.76. The molecule has 0 aromatic carbocycles. The first-order valence-corrected chi connectivity index (χ1v) is 10.2. The summed E-state index contributed by atoms with van der Waals surface area (Å²) in [4.78, 5) is 17.2. The molecule has 0 saturated heterocycles. The molecule has 3 aromatic heterocycles. The second-order valence-electron chi connectivity index (χ2n) is 4.60. The monoisotopic (exact) mass is 385 g/mol. The standard InChI is InChI=1S/C13H11N3O5S3/c1-24(18,19)16-8-4-6-23-11(8)13(17)20-7-10-14-12(15-21-10)9-3-2-5-22-9/h2-6,16H,7H2,1H3. The summed E-state index contributed by atoms with van der Waals surface area (Å²) < 4.78 is 34.9. The zero-order chi connectivity index (χ0) is 17.2. The molecular formula is C13H11N3O5S3. The van der Waals surface area contributed by atoms with Gasteiger partial charge < -0.3 is 9.26 Å². The fraction of sp³-hybridized carbons (Fsp3) is 0.154. The average molecular weight is 385 g/mol. The summed E-state index contributed by atoms with van der Waals surface area (Å²) in [7, 11) is -3.48. The molecule has 24 heavy (non-hydrogen) atoms. The minimum absolute atomic E-state index is 0.151. The average Bonchev–Trinajstić information content (AvgIpc) is 3.23. The number of rotatable bonds is 6. The first-order valence-electron chi connectivity index (χ1n) is 6.51. The topological polar surface area (TPSA) is 111 Å². The van der Waals surface area contributed by atoms with Crippen molar-refractivity contribution in [2.24, 2.45) is 0 Å². The lowest BCUT2D eigenvalue weighted by Gasteiger charge is -2.04. The van der Waals surface area contributed by atoms with Crippen LogP contribution in [0.2, 0.25) is 0 Å². The predicted octanol–water partition coefficient (Wildman–Crippen LogP) is 2.59. The molecular weight excluding hydrogens is 374 g/mol. The maximum absolute atomic E-state index is 12.1. The first kappa shape index (κ1) is 16.6. The molecule has 0 fully saturated rings. The quantitative estimate of drug-likeness (QED) is 0.649. The van der Waals surface area contributed by atoms with Crippen LogP contribution in [0, 0.1) is 0 Å². The van der Waals surface area contributed by atoms with Gasteiger partial charge in [-0.3, -0.25) is 4.72 Å². The number of hydrogen-bond acceptors (Lipinski definition) is 9. The maximum atomic E-state index is 12.1. The summed E-state index contributed by atoms with van der Waals surface area (Å²) in [5.41, 5.74) is 0.178. The predicted molar refractivity (Wildman–Crippen MR) is 89.5 cm³/mol. The third kappa shape index (κ3) is 3.99. The van der Waals surface area contributed by atoms with Crippen LogP contribution >= 0.6 is 22.7 Å². The van der Waals surface area contributed by atoms with Gasteiger partial charge in [-0.25, -0.2) is 13.2 Å². The zero-order valence-corrected chi connectivity index (χ0v) is 14.7. The van der Waals surface area contributed by atoms with Gasteiger partial charge in [0.05, 0.1) is 16.8 Å². The third-order valence-corrected chi connectivity index (χ3v) is 5.03. The van der Waals surface area contributed by atoms with Crippen molar-refractivity contribution in [3.05, 3.63) is 39.7 Å².